The van der Waals surface area contributed by atoms with Crippen molar-refractivity contribution in [3.8, 4) is 5.75 Å². The first-order valence-corrected chi connectivity index (χ1v) is 6.75. The van der Waals surface area contributed by atoms with Gasteiger partial charge in [-0.15, -0.1) is 0 Å². The summed E-state index contributed by atoms with van der Waals surface area (Å²) in [6.45, 7) is 3.83. The van der Waals surface area contributed by atoms with Crippen LogP contribution in [0.4, 0.5) is 4.39 Å². The molecule has 0 bridgehead atoms. The molecule has 0 saturated carbocycles. The summed E-state index contributed by atoms with van der Waals surface area (Å²) < 4.78 is 19.5. The minimum absolute atomic E-state index is 0.00358. The summed E-state index contributed by atoms with van der Waals surface area (Å²) in [5.74, 6) is 0.0378. The molecule has 4 heteroatoms. The summed E-state index contributed by atoms with van der Waals surface area (Å²) in [6, 6.07) is 11.6. The summed E-state index contributed by atoms with van der Waals surface area (Å²) in [5, 5.41) is 10.3. The van der Waals surface area contributed by atoms with Crippen LogP contribution in [0.3, 0.4) is 0 Å². The van der Waals surface area contributed by atoms with E-state index >= 15 is 0 Å². The predicted molar refractivity (Wildman–Crippen MR) is 77.7 cm³/mol. The summed E-state index contributed by atoms with van der Waals surface area (Å²) in [7, 11) is 0. The molecule has 1 unspecified atom stereocenters. The summed E-state index contributed by atoms with van der Waals surface area (Å²) in [6.07, 6.45) is -1.05. The van der Waals surface area contributed by atoms with E-state index in [9.17, 15) is 9.50 Å². The zero-order valence-corrected chi connectivity index (χ0v) is 12.1. The number of hydrogen-bond acceptors (Lipinski definition) is 2. The van der Waals surface area contributed by atoms with Gasteiger partial charge >= 0.3 is 0 Å². The van der Waals surface area contributed by atoms with E-state index < -0.39 is 11.9 Å². The van der Waals surface area contributed by atoms with E-state index in [-0.39, 0.29) is 16.7 Å². The van der Waals surface area contributed by atoms with Crippen LogP contribution in [0.5, 0.6) is 5.75 Å². The molecule has 0 amide bonds. The van der Waals surface area contributed by atoms with Crippen LogP contribution in [0, 0.1) is 5.82 Å². The maximum Gasteiger partial charge on any atom is 0.147 e. The average molecular weight is 295 g/mol. The number of benzene rings is 2. The molecule has 0 heterocycles. The van der Waals surface area contributed by atoms with Gasteiger partial charge in [0.25, 0.3) is 0 Å². The van der Waals surface area contributed by atoms with Gasteiger partial charge in [-0.3, -0.25) is 0 Å². The Morgan fingerprint density at radius 1 is 1.15 bits per heavy atom. The quantitative estimate of drug-likeness (QED) is 0.908. The monoisotopic (exact) mass is 294 g/mol. The van der Waals surface area contributed by atoms with Crippen molar-refractivity contribution in [1.82, 2.24) is 0 Å². The van der Waals surface area contributed by atoms with Gasteiger partial charge in [-0.25, -0.2) is 4.39 Å². The summed E-state index contributed by atoms with van der Waals surface area (Å²) in [4.78, 5) is 0. The van der Waals surface area contributed by atoms with Crippen LogP contribution >= 0.6 is 11.6 Å². The van der Waals surface area contributed by atoms with Gasteiger partial charge in [0.05, 0.1) is 11.1 Å². The van der Waals surface area contributed by atoms with E-state index in [1.165, 1.54) is 12.1 Å². The molecule has 2 nitrogen and oxygen atoms in total. The van der Waals surface area contributed by atoms with E-state index in [4.69, 9.17) is 16.3 Å². The second-order valence-electron chi connectivity index (χ2n) is 4.78. The molecule has 0 spiro atoms. The van der Waals surface area contributed by atoms with Crippen LogP contribution in [-0.4, -0.2) is 11.2 Å². The molecule has 20 heavy (non-hydrogen) atoms. The molecular weight excluding hydrogens is 279 g/mol. The van der Waals surface area contributed by atoms with Gasteiger partial charge in [-0.05, 0) is 37.6 Å². The normalized spacial score (nSPS) is 12.5. The van der Waals surface area contributed by atoms with Gasteiger partial charge in [0.15, 0.2) is 0 Å². The molecule has 0 aliphatic rings. The topological polar surface area (TPSA) is 29.5 Å². The first kappa shape index (κ1) is 14.8. The van der Waals surface area contributed by atoms with E-state index in [2.05, 4.69) is 0 Å². The van der Waals surface area contributed by atoms with Crippen molar-refractivity contribution in [2.45, 2.75) is 26.1 Å². The van der Waals surface area contributed by atoms with E-state index in [1.807, 2.05) is 13.8 Å². The Hall–Kier alpha value is -1.58. The van der Waals surface area contributed by atoms with Gasteiger partial charge in [-0.1, -0.05) is 35.9 Å². The molecule has 2 aromatic rings. The third kappa shape index (κ3) is 3.30. The van der Waals surface area contributed by atoms with Gasteiger partial charge in [0.1, 0.15) is 17.7 Å². The molecule has 0 radical (unpaired) electrons. The van der Waals surface area contributed by atoms with E-state index in [1.54, 1.807) is 30.3 Å². The average Bonchev–Trinajstić information content (AvgIpc) is 2.41. The first-order chi connectivity index (χ1) is 9.49. The van der Waals surface area contributed by atoms with E-state index in [0.717, 1.165) is 0 Å². The fourth-order valence-corrected chi connectivity index (χ4v) is 2.12. The zero-order chi connectivity index (χ0) is 14.7. The molecule has 0 aliphatic heterocycles. The molecule has 0 saturated heterocycles. The van der Waals surface area contributed by atoms with Gasteiger partial charge in [0.2, 0.25) is 0 Å². The lowest BCUT2D eigenvalue weighted by atomic mass is 10.0. The maximum absolute atomic E-state index is 13.9. The third-order valence-corrected chi connectivity index (χ3v) is 3.11. The van der Waals surface area contributed by atoms with Gasteiger partial charge < -0.3 is 9.84 Å². The third-order valence-electron chi connectivity index (χ3n) is 2.82. The molecule has 1 N–H and O–H groups in total. The highest BCUT2D eigenvalue weighted by Crippen LogP contribution is 2.29. The number of rotatable bonds is 4. The number of ether oxygens (including phenoxy) is 1. The fourth-order valence-electron chi connectivity index (χ4n) is 1.94. The zero-order valence-electron chi connectivity index (χ0n) is 11.3. The van der Waals surface area contributed by atoms with Crippen LogP contribution in [0.1, 0.15) is 31.1 Å². The van der Waals surface area contributed by atoms with Crippen LogP contribution in [0.15, 0.2) is 42.5 Å². The van der Waals surface area contributed by atoms with Crippen molar-refractivity contribution in [1.29, 1.82) is 0 Å². The Labute approximate surface area is 122 Å². The smallest absolute Gasteiger partial charge is 0.147 e. The molecule has 1 atom stereocenters. The lowest BCUT2D eigenvalue weighted by Gasteiger charge is -2.15. The highest BCUT2D eigenvalue weighted by molar-refractivity contribution is 6.30. The molecule has 2 aromatic carbocycles. The lowest BCUT2D eigenvalue weighted by molar-refractivity contribution is 0.212. The molecule has 0 aromatic heterocycles. The largest absolute Gasteiger partial charge is 0.491 e. The fraction of sp³-hybridized carbons (Fsp3) is 0.250. The number of halogens is 2. The second kappa shape index (κ2) is 6.25. The molecular formula is C16H16ClFO2. The van der Waals surface area contributed by atoms with Gasteiger partial charge in [-0.2, -0.15) is 0 Å². The Kier molecular flexibility index (Phi) is 4.63. The van der Waals surface area contributed by atoms with Crippen molar-refractivity contribution in [3.05, 3.63) is 64.4 Å². The lowest BCUT2D eigenvalue weighted by Crippen LogP contribution is -2.07. The van der Waals surface area contributed by atoms with E-state index in [0.29, 0.717) is 11.3 Å². The van der Waals surface area contributed by atoms with Crippen molar-refractivity contribution in [3.63, 3.8) is 0 Å². The van der Waals surface area contributed by atoms with Crippen molar-refractivity contribution in [2.75, 3.05) is 0 Å². The van der Waals surface area contributed by atoms with Crippen LogP contribution in [0.2, 0.25) is 5.02 Å². The standard InChI is InChI=1S/C16H16ClFO2/c1-10(2)20-12-6-3-5-11(9-12)16(19)13-7-4-8-14(17)15(13)18/h3-10,16,19H,1-2H3. The molecule has 106 valence electrons. The Balaban J connectivity index is 2.33. The van der Waals surface area contributed by atoms with Crippen molar-refractivity contribution < 1.29 is 14.2 Å². The highest BCUT2D eigenvalue weighted by Gasteiger charge is 2.17. The van der Waals surface area contributed by atoms with Crippen molar-refractivity contribution in [2.24, 2.45) is 0 Å². The minimum Gasteiger partial charge on any atom is -0.491 e. The first-order valence-electron chi connectivity index (χ1n) is 6.37. The number of aliphatic hydroxyl groups is 1. The Bertz CT molecular complexity index is 599. The maximum atomic E-state index is 13.9. The summed E-state index contributed by atoms with van der Waals surface area (Å²) >= 11 is 5.73. The molecule has 2 rings (SSSR count). The van der Waals surface area contributed by atoms with Crippen LogP contribution in [-0.2, 0) is 0 Å². The minimum atomic E-state index is -1.08. The Morgan fingerprint density at radius 3 is 2.55 bits per heavy atom. The van der Waals surface area contributed by atoms with Crippen LogP contribution in [0.25, 0.3) is 0 Å². The summed E-state index contributed by atoms with van der Waals surface area (Å²) in [5.41, 5.74) is 0.712. The SMILES string of the molecule is CC(C)Oc1cccc(C(O)c2cccc(Cl)c2F)c1. The molecule has 0 aliphatic carbocycles. The molecule has 0 fully saturated rings. The number of aliphatic hydroxyl groups excluding tert-OH is 1. The number of hydrogen-bond donors (Lipinski definition) is 1. The van der Waals surface area contributed by atoms with Crippen molar-refractivity contribution >= 4 is 11.6 Å². The Morgan fingerprint density at radius 2 is 1.85 bits per heavy atom. The highest BCUT2D eigenvalue weighted by atomic mass is 35.5. The predicted octanol–water partition coefficient (Wildman–Crippen LogP) is 4.35. The second-order valence-corrected chi connectivity index (χ2v) is 5.19. The van der Waals surface area contributed by atoms with Gasteiger partial charge in [0, 0.05) is 5.56 Å². The van der Waals surface area contributed by atoms with Crippen LogP contribution < -0.4 is 4.74 Å².